The number of furan rings is 1. The van der Waals surface area contributed by atoms with Gasteiger partial charge in [-0.05, 0) is 37.3 Å². The summed E-state index contributed by atoms with van der Waals surface area (Å²) in [6, 6.07) is 7.84. The minimum atomic E-state index is 0.0244. The molecule has 98 valence electrons. The first kappa shape index (κ1) is 11.8. The quantitative estimate of drug-likeness (QED) is 0.775. The van der Waals surface area contributed by atoms with Crippen LogP contribution in [0.3, 0.4) is 0 Å². The molecule has 1 aliphatic rings. The number of nitrogens with zero attached hydrogens (tertiary/aromatic N) is 2. The predicted molar refractivity (Wildman–Crippen MR) is 72.3 cm³/mol. The van der Waals surface area contributed by atoms with Gasteiger partial charge in [0.05, 0.1) is 12.3 Å². The SMILES string of the molecule is C[C@@H]1c2cccn2CCN1C(=O)/C=C/c1ccco1. The second kappa shape index (κ2) is 4.80. The van der Waals surface area contributed by atoms with Crippen molar-refractivity contribution in [1.82, 2.24) is 9.47 Å². The Labute approximate surface area is 111 Å². The van der Waals surface area contributed by atoms with Crippen LogP contribution >= 0.6 is 0 Å². The highest BCUT2D eigenvalue weighted by Crippen LogP contribution is 2.25. The molecule has 1 amide bonds. The van der Waals surface area contributed by atoms with Gasteiger partial charge in [0.25, 0.3) is 0 Å². The van der Waals surface area contributed by atoms with Crippen LogP contribution in [0.5, 0.6) is 0 Å². The van der Waals surface area contributed by atoms with Crippen molar-refractivity contribution in [1.29, 1.82) is 0 Å². The molecule has 2 aromatic heterocycles. The fourth-order valence-corrected chi connectivity index (χ4v) is 2.52. The van der Waals surface area contributed by atoms with E-state index in [9.17, 15) is 4.79 Å². The van der Waals surface area contributed by atoms with Crippen molar-refractivity contribution in [2.24, 2.45) is 0 Å². The van der Waals surface area contributed by atoms with Crippen LogP contribution in [0.2, 0.25) is 0 Å². The van der Waals surface area contributed by atoms with E-state index in [1.165, 1.54) is 5.69 Å². The number of amides is 1. The van der Waals surface area contributed by atoms with Gasteiger partial charge in [-0.3, -0.25) is 4.79 Å². The number of carbonyl (C=O) groups is 1. The molecule has 0 bridgehead atoms. The first-order chi connectivity index (χ1) is 9.25. The molecule has 19 heavy (non-hydrogen) atoms. The molecule has 1 atom stereocenters. The maximum absolute atomic E-state index is 12.2. The summed E-state index contributed by atoms with van der Waals surface area (Å²) in [6.07, 6.45) is 6.95. The summed E-state index contributed by atoms with van der Waals surface area (Å²) in [7, 11) is 0. The summed E-state index contributed by atoms with van der Waals surface area (Å²) in [5.74, 6) is 0.720. The Morgan fingerprint density at radius 3 is 3.05 bits per heavy atom. The molecule has 1 aliphatic heterocycles. The van der Waals surface area contributed by atoms with Gasteiger partial charge >= 0.3 is 0 Å². The zero-order valence-corrected chi connectivity index (χ0v) is 10.8. The van der Waals surface area contributed by atoms with Crippen molar-refractivity contribution in [3.8, 4) is 0 Å². The van der Waals surface area contributed by atoms with Crippen LogP contribution < -0.4 is 0 Å². The molecule has 0 N–H and O–H groups in total. The zero-order chi connectivity index (χ0) is 13.2. The molecule has 0 radical (unpaired) electrons. The van der Waals surface area contributed by atoms with Crippen LogP contribution in [0.25, 0.3) is 6.08 Å². The van der Waals surface area contributed by atoms with Crippen molar-refractivity contribution < 1.29 is 9.21 Å². The fraction of sp³-hybridized carbons (Fsp3) is 0.267. The monoisotopic (exact) mass is 256 g/mol. The highest BCUT2D eigenvalue weighted by molar-refractivity contribution is 5.91. The van der Waals surface area contributed by atoms with E-state index in [1.54, 1.807) is 24.5 Å². The maximum atomic E-state index is 12.2. The summed E-state index contributed by atoms with van der Waals surface area (Å²) in [6.45, 7) is 3.65. The molecule has 0 spiro atoms. The predicted octanol–water partition coefficient (Wildman–Crippen LogP) is 2.70. The van der Waals surface area contributed by atoms with E-state index in [0.717, 1.165) is 13.1 Å². The second-order valence-electron chi connectivity index (χ2n) is 4.68. The van der Waals surface area contributed by atoms with Gasteiger partial charge in [-0.1, -0.05) is 0 Å². The lowest BCUT2D eigenvalue weighted by Gasteiger charge is -2.34. The second-order valence-corrected chi connectivity index (χ2v) is 4.68. The van der Waals surface area contributed by atoms with Crippen LogP contribution in [-0.2, 0) is 11.3 Å². The van der Waals surface area contributed by atoms with Crippen molar-refractivity contribution in [3.63, 3.8) is 0 Å². The van der Waals surface area contributed by atoms with E-state index in [4.69, 9.17) is 4.42 Å². The van der Waals surface area contributed by atoms with Gasteiger partial charge in [0, 0.05) is 31.1 Å². The van der Waals surface area contributed by atoms with E-state index in [-0.39, 0.29) is 11.9 Å². The lowest BCUT2D eigenvalue weighted by atomic mass is 10.1. The Kier molecular flexibility index (Phi) is 2.99. The van der Waals surface area contributed by atoms with Crippen molar-refractivity contribution >= 4 is 12.0 Å². The zero-order valence-electron chi connectivity index (χ0n) is 10.8. The van der Waals surface area contributed by atoms with Gasteiger partial charge in [0.1, 0.15) is 5.76 Å². The minimum absolute atomic E-state index is 0.0244. The highest BCUT2D eigenvalue weighted by Gasteiger charge is 2.25. The van der Waals surface area contributed by atoms with E-state index in [2.05, 4.69) is 23.8 Å². The Hall–Kier alpha value is -2.23. The minimum Gasteiger partial charge on any atom is -0.465 e. The summed E-state index contributed by atoms with van der Waals surface area (Å²) in [5.41, 5.74) is 1.19. The molecular formula is C15H16N2O2. The average molecular weight is 256 g/mol. The van der Waals surface area contributed by atoms with Gasteiger partial charge in [-0.2, -0.15) is 0 Å². The summed E-state index contributed by atoms with van der Waals surface area (Å²) >= 11 is 0. The summed E-state index contributed by atoms with van der Waals surface area (Å²) in [4.78, 5) is 14.1. The van der Waals surface area contributed by atoms with Crippen molar-refractivity contribution in [3.05, 3.63) is 54.3 Å². The van der Waals surface area contributed by atoms with Crippen LogP contribution in [-0.4, -0.2) is 21.9 Å². The third-order valence-corrected chi connectivity index (χ3v) is 3.56. The third-order valence-electron chi connectivity index (χ3n) is 3.56. The first-order valence-electron chi connectivity index (χ1n) is 6.43. The number of carbonyl (C=O) groups excluding carboxylic acids is 1. The largest absolute Gasteiger partial charge is 0.465 e. The molecule has 0 aromatic carbocycles. The number of rotatable bonds is 2. The van der Waals surface area contributed by atoms with Gasteiger partial charge in [0.15, 0.2) is 0 Å². The van der Waals surface area contributed by atoms with Gasteiger partial charge in [-0.25, -0.2) is 0 Å². The molecule has 0 aliphatic carbocycles. The first-order valence-corrected chi connectivity index (χ1v) is 6.43. The van der Waals surface area contributed by atoms with Crippen LogP contribution in [0.4, 0.5) is 0 Å². The van der Waals surface area contributed by atoms with Crippen LogP contribution in [0.1, 0.15) is 24.4 Å². The highest BCUT2D eigenvalue weighted by atomic mass is 16.3. The van der Waals surface area contributed by atoms with Gasteiger partial charge in [0.2, 0.25) is 5.91 Å². The van der Waals surface area contributed by atoms with E-state index in [0.29, 0.717) is 5.76 Å². The van der Waals surface area contributed by atoms with Gasteiger partial charge < -0.3 is 13.9 Å². The lowest BCUT2D eigenvalue weighted by molar-refractivity contribution is -0.129. The molecule has 3 rings (SSSR count). The molecule has 0 unspecified atom stereocenters. The van der Waals surface area contributed by atoms with E-state index < -0.39 is 0 Å². The topological polar surface area (TPSA) is 38.4 Å². The Balaban J connectivity index is 1.75. The normalized spacial score (nSPS) is 18.8. The van der Waals surface area contributed by atoms with E-state index >= 15 is 0 Å². The molecular weight excluding hydrogens is 240 g/mol. The molecule has 0 fully saturated rings. The lowest BCUT2D eigenvalue weighted by Crippen LogP contribution is -2.39. The van der Waals surface area contributed by atoms with Crippen LogP contribution in [0.15, 0.2) is 47.2 Å². The molecule has 2 aromatic rings. The van der Waals surface area contributed by atoms with Crippen molar-refractivity contribution in [2.75, 3.05) is 6.54 Å². The third kappa shape index (κ3) is 2.21. The Bertz CT molecular complexity index is 595. The molecule has 0 saturated heterocycles. The number of fused-ring (bicyclic) bond motifs is 1. The molecule has 0 saturated carbocycles. The smallest absolute Gasteiger partial charge is 0.247 e. The fourth-order valence-electron chi connectivity index (χ4n) is 2.52. The van der Waals surface area contributed by atoms with Crippen molar-refractivity contribution in [2.45, 2.75) is 19.5 Å². The number of hydrogen-bond donors (Lipinski definition) is 0. The number of aromatic nitrogens is 1. The Morgan fingerprint density at radius 2 is 2.26 bits per heavy atom. The number of hydrogen-bond acceptors (Lipinski definition) is 2. The van der Waals surface area contributed by atoms with Gasteiger partial charge in [-0.15, -0.1) is 0 Å². The molecule has 4 heteroatoms. The summed E-state index contributed by atoms with van der Waals surface area (Å²) < 4.78 is 7.38. The van der Waals surface area contributed by atoms with E-state index in [1.807, 2.05) is 17.0 Å². The molecule has 3 heterocycles. The molecule has 4 nitrogen and oxygen atoms in total. The maximum Gasteiger partial charge on any atom is 0.247 e. The summed E-state index contributed by atoms with van der Waals surface area (Å²) in [5, 5.41) is 0. The Morgan fingerprint density at radius 1 is 1.37 bits per heavy atom. The standard InChI is InChI=1S/C15H16N2O2/c1-12-14-5-2-8-16(14)9-10-17(12)15(18)7-6-13-4-3-11-19-13/h2-8,11-12H,9-10H2,1H3/b7-6+/t12-/m1/s1. The van der Waals surface area contributed by atoms with Crippen LogP contribution in [0, 0.1) is 0 Å². The average Bonchev–Trinajstić information content (AvgIpc) is 3.07.